The van der Waals surface area contributed by atoms with Crippen molar-refractivity contribution < 1.29 is 23.7 Å². The first-order valence-corrected chi connectivity index (χ1v) is 8.56. The monoisotopic (exact) mass is 392 g/mol. The first-order chi connectivity index (χ1) is 14.0. The van der Waals surface area contributed by atoms with E-state index in [1.54, 1.807) is 12.1 Å². The Morgan fingerprint density at radius 2 is 1.69 bits per heavy atom. The number of anilines is 1. The van der Waals surface area contributed by atoms with E-state index in [1.165, 1.54) is 18.2 Å². The standard InChI is InChI=1S/C21H16N2O6/c24-19(14-28-21(25)13-11-18-10-12-20(29-18)23(26)27)22-17-8-6-16(7-9-17)15-4-2-1-3-5-15/h1-13H,14H2,(H,22,24)/b13-11+. The zero-order chi connectivity index (χ0) is 20.6. The van der Waals surface area contributed by atoms with E-state index in [1.807, 2.05) is 42.5 Å². The van der Waals surface area contributed by atoms with Crippen LogP contribution in [0.4, 0.5) is 11.6 Å². The molecule has 0 saturated heterocycles. The molecular weight excluding hydrogens is 376 g/mol. The topological polar surface area (TPSA) is 112 Å². The minimum Gasteiger partial charge on any atom is -0.452 e. The molecule has 0 aliphatic carbocycles. The van der Waals surface area contributed by atoms with Crippen molar-refractivity contribution in [3.63, 3.8) is 0 Å². The maximum absolute atomic E-state index is 11.9. The second kappa shape index (κ2) is 9.14. The van der Waals surface area contributed by atoms with E-state index in [0.717, 1.165) is 17.2 Å². The summed E-state index contributed by atoms with van der Waals surface area (Å²) in [7, 11) is 0. The van der Waals surface area contributed by atoms with Gasteiger partial charge in [-0.2, -0.15) is 0 Å². The number of nitro groups is 1. The third-order valence-electron chi connectivity index (χ3n) is 3.80. The van der Waals surface area contributed by atoms with Gasteiger partial charge in [0.15, 0.2) is 6.61 Å². The molecule has 8 heteroatoms. The number of esters is 1. The van der Waals surface area contributed by atoms with E-state index in [-0.39, 0.29) is 5.76 Å². The van der Waals surface area contributed by atoms with E-state index in [0.29, 0.717) is 5.69 Å². The number of rotatable bonds is 7. The van der Waals surface area contributed by atoms with Crippen molar-refractivity contribution in [2.75, 3.05) is 11.9 Å². The Labute approximate surface area is 165 Å². The van der Waals surface area contributed by atoms with E-state index < -0.39 is 29.3 Å². The predicted molar refractivity (Wildman–Crippen MR) is 106 cm³/mol. The van der Waals surface area contributed by atoms with E-state index in [2.05, 4.69) is 5.32 Å². The van der Waals surface area contributed by atoms with Crippen LogP contribution in [0.25, 0.3) is 17.2 Å². The minimum absolute atomic E-state index is 0.122. The van der Waals surface area contributed by atoms with E-state index in [4.69, 9.17) is 9.15 Å². The van der Waals surface area contributed by atoms with Crippen LogP contribution < -0.4 is 5.32 Å². The van der Waals surface area contributed by atoms with Crippen molar-refractivity contribution in [1.29, 1.82) is 0 Å². The van der Waals surface area contributed by atoms with Gasteiger partial charge in [-0.15, -0.1) is 0 Å². The molecule has 8 nitrogen and oxygen atoms in total. The molecule has 1 N–H and O–H groups in total. The molecule has 1 heterocycles. The van der Waals surface area contributed by atoms with Gasteiger partial charge < -0.3 is 14.5 Å². The molecule has 0 aliphatic heterocycles. The lowest BCUT2D eigenvalue weighted by molar-refractivity contribution is -0.402. The van der Waals surface area contributed by atoms with Crippen molar-refractivity contribution in [2.24, 2.45) is 0 Å². The number of carbonyl (C=O) groups is 2. The van der Waals surface area contributed by atoms with Crippen LogP contribution in [0.15, 0.2) is 77.2 Å². The van der Waals surface area contributed by atoms with Crippen LogP contribution in [0.3, 0.4) is 0 Å². The van der Waals surface area contributed by atoms with Crippen LogP contribution in [0, 0.1) is 10.1 Å². The molecule has 0 unspecified atom stereocenters. The maximum atomic E-state index is 11.9. The number of nitrogens with zero attached hydrogens (tertiary/aromatic N) is 1. The molecule has 1 aromatic heterocycles. The average Bonchev–Trinajstić information content (AvgIpc) is 3.21. The molecule has 146 valence electrons. The second-order valence-electron chi connectivity index (χ2n) is 5.87. The summed E-state index contributed by atoms with van der Waals surface area (Å²) in [6.45, 7) is -0.470. The highest BCUT2D eigenvalue weighted by molar-refractivity contribution is 5.94. The molecule has 3 aromatic rings. The molecule has 0 saturated carbocycles. The summed E-state index contributed by atoms with van der Waals surface area (Å²) in [5, 5.41) is 13.2. The Balaban J connectivity index is 1.47. The molecule has 0 bridgehead atoms. The number of hydrogen-bond donors (Lipinski definition) is 1. The highest BCUT2D eigenvalue weighted by atomic mass is 16.6. The zero-order valence-corrected chi connectivity index (χ0v) is 15.1. The van der Waals surface area contributed by atoms with Gasteiger partial charge in [0, 0.05) is 11.8 Å². The maximum Gasteiger partial charge on any atom is 0.433 e. The third kappa shape index (κ3) is 5.64. The first kappa shape index (κ1) is 19.6. The van der Waals surface area contributed by atoms with Gasteiger partial charge in [0.1, 0.15) is 10.7 Å². The predicted octanol–water partition coefficient (Wildman–Crippen LogP) is 4.05. The van der Waals surface area contributed by atoms with Crippen molar-refractivity contribution in [3.8, 4) is 11.1 Å². The van der Waals surface area contributed by atoms with Crippen LogP contribution in [0.2, 0.25) is 0 Å². The molecule has 2 aromatic carbocycles. The summed E-state index contributed by atoms with van der Waals surface area (Å²) in [5.74, 6) is -1.58. The number of carbonyl (C=O) groups excluding carboxylic acids is 2. The third-order valence-corrected chi connectivity index (χ3v) is 3.80. The van der Waals surface area contributed by atoms with Crippen LogP contribution in [0.5, 0.6) is 0 Å². The van der Waals surface area contributed by atoms with Gasteiger partial charge in [0.05, 0.1) is 6.07 Å². The highest BCUT2D eigenvalue weighted by Gasteiger charge is 2.11. The molecular formula is C21H16N2O6. The van der Waals surface area contributed by atoms with Crippen LogP contribution >= 0.6 is 0 Å². The number of nitrogens with one attached hydrogen (secondary N) is 1. The lowest BCUT2D eigenvalue weighted by atomic mass is 10.1. The smallest absolute Gasteiger partial charge is 0.433 e. The number of benzene rings is 2. The van der Waals surface area contributed by atoms with Gasteiger partial charge in [-0.3, -0.25) is 14.9 Å². The average molecular weight is 392 g/mol. The van der Waals surface area contributed by atoms with Gasteiger partial charge >= 0.3 is 11.9 Å². The van der Waals surface area contributed by atoms with Gasteiger partial charge in [-0.25, -0.2) is 4.79 Å². The molecule has 29 heavy (non-hydrogen) atoms. The van der Waals surface area contributed by atoms with Crippen LogP contribution in [-0.2, 0) is 14.3 Å². The van der Waals surface area contributed by atoms with E-state index >= 15 is 0 Å². The fourth-order valence-electron chi connectivity index (χ4n) is 2.44. The van der Waals surface area contributed by atoms with Crippen LogP contribution in [0.1, 0.15) is 5.76 Å². The van der Waals surface area contributed by atoms with Gasteiger partial charge in [-0.1, -0.05) is 42.5 Å². The number of hydrogen-bond acceptors (Lipinski definition) is 6. The van der Waals surface area contributed by atoms with Crippen molar-refractivity contribution in [2.45, 2.75) is 0 Å². The highest BCUT2D eigenvalue weighted by Crippen LogP contribution is 2.21. The number of ether oxygens (including phenoxy) is 1. The Kier molecular flexibility index (Phi) is 6.16. The largest absolute Gasteiger partial charge is 0.452 e. The van der Waals surface area contributed by atoms with Gasteiger partial charge in [0.25, 0.3) is 5.91 Å². The minimum atomic E-state index is -0.779. The Morgan fingerprint density at radius 1 is 1.00 bits per heavy atom. The first-order valence-electron chi connectivity index (χ1n) is 8.56. The van der Waals surface area contributed by atoms with Gasteiger partial charge in [0.2, 0.25) is 0 Å². The molecule has 0 atom stereocenters. The molecule has 0 aliphatic rings. The van der Waals surface area contributed by atoms with E-state index in [9.17, 15) is 19.7 Å². The summed E-state index contributed by atoms with van der Waals surface area (Å²) in [6.07, 6.45) is 2.24. The molecule has 0 fully saturated rings. The fourth-order valence-corrected chi connectivity index (χ4v) is 2.44. The quantitative estimate of drug-likeness (QED) is 0.281. The summed E-state index contributed by atoms with van der Waals surface area (Å²) < 4.78 is 9.70. The Morgan fingerprint density at radius 3 is 2.34 bits per heavy atom. The summed E-state index contributed by atoms with van der Waals surface area (Å²) in [6, 6.07) is 19.6. The van der Waals surface area contributed by atoms with Crippen molar-refractivity contribution in [1.82, 2.24) is 0 Å². The summed E-state index contributed by atoms with van der Waals surface area (Å²) in [5.41, 5.74) is 2.65. The van der Waals surface area contributed by atoms with Crippen LogP contribution in [-0.4, -0.2) is 23.4 Å². The SMILES string of the molecule is O=C(COC(=O)/C=C/c1ccc([N+](=O)[O-])o1)Nc1ccc(-c2ccccc2)cc1. The second-order valence-corrected chi connectivity index (χ2v) is 5.87. The number of furan rings is 1. The van der Waals surface area contributed by atoms with Crippen molar-refractivity contribution >= 4 is 29.5 Å². The lowest BCUT2D eigenvalue weighted by Gasteiger charge is -2.07. The molecule has 0 spiro atoms. The Hall–Kier alpha value is -4.20. The fraction of sp³-hybridized carbons (Fsp3) is 0.0476. The van der Waals surface area contributed by atoms with Crippen molar-refractivity contribution in [3.05, 3.63) is 88.7 Å². The van der Waals surface area contributed by atoms with Gasteiger partial charge in [-0.05, 0) is 35.4 Å². The normalized spacial score (nSPS) is 10.6. The number of amides is 1. The Bertz CT molecular complexity index is 1040. The lowest BCUT2D eigenvalue weighted by Crippen LogP contribution is -2.20. The zero-order valence-electron chi connectivity index (χ0n) is 15.1. The molecule has 0 radical (unpaired) electrons. The molecule has 3 rings (SSSR count). The summed E-state index contributed by atoms with van der Waals surface area (Å²) >= 11 is 0. The molecule has 1 amide bonds. The summed E-state index contributed by atoms with van der Waals surface area (Å²) in [4.78, 5) is 33.4.